The molecule has 0 bridgehead atoms. The van der Waals surface area contributed by atoms with Crippen LogP contribution >= 0.6 is 0 Å². The van der Waals surface area contributed by atoms with Crippen molar-refractivity contribution in [2.45, 2.75) is 84.7 Å². The van der Waals surface area contributed by atoms with Crippen molar-refractivity contribution < 1.29 is 4.79 Å². The van der Waals surface area contributed by atoms with Crippen LogP contribution in [0, 0.1) is 10.8 Å². The lowest BCUT2D eigenvalue weighted by Crippen LogP contribution is -2.57. The molecule has 0 spiro atoms. The zero-order valence-corrected chi connectivity index (χ0v) is 13.9. The SMILES string of the molecule is CCC1(C(=O)NC2CC(C)(C)CC(C)(C)C2)CCCN1. The smallest absolute Gasteiger partial charge is 0.240 e. The van der Waals surface area contributed by atoms with E-state index in [0.717, 1.165) is 38.6 Å². The Balaban J connectivity index is 2.03. The monoisotopic (exact) mass is 280 g/mol. The zero-order valence-electron chi connectivity index (χ0n) is 13.9. The highest BCUT2D eigenvalue weighted by atomic mass is 16.2. The van der Waals surface area contributed by atoms with Gasteiger partial charge in [-0.3, -0.25) is 4.79 Å². The molecule has 1 aliphatic heterocycles. The highest BCUT2D eigenvalue weighted by Crippen LogP contribution is 2.45. The summed E-state index contributed by atoms with van der Waals surface area (Å²) in [4.78, 5) is 12.7. The van der Waals surface area contributed by atoms with Gasteiger partial charge in [0, 0.05) is 6.04 Å². The maximum absolute atomic E-state index is 12.7. The molecule has 1 aliphatic carbocycles. The van der Waals surface area contributed by atoms with E-state index in [1.165, 1.54) is 6.42 Å². The van der Waals surface area contributed by atoms with Crippen LogP contribution in [0.1, 0.15) is 73.1 Å². The lowest BCUT2D eigenvalue weighted by Gasteiger charge is -2.45. The maximum atomic E-state index is 12.7. The van der Waals surface area contributed by atoms with Crippen molar-refractivity contribution in [1.82, 2.24) is 10.6 Å². The topological polar surface area (TPSA) is 41.1 Å². The summed E-state index contributed by atoms with van der Waals surface area (Å²) in [6.45, 7) is 12.4. The van der Waals surface area contributed by atoms with E-state index in [0.29, 0.717) is 16.9 Å². The second kappa shape index (κ2) is 5.32. The lowest BCUT2D eigenvalue weighted by atomic mass is 9.63. The molecule has 1 atom stereocenters. The quantitative estimate of drug-likeness (QED) is 0.833. The molecular weight excluding hydrogens is 248 g/mol. The van der Waals surface area contributed by atoms with Crippen LogP contribution in [-0.2, 0) is 4.79 Å². The fraction of sp³-hybridized carbons (Fsp3) is 0.941. The van der Waals surface area contributed by atoms with Crippen molar-refractivity contribution in [2.24, 2.45) is 10.8 Å². The van der Waals surface area contributed by atoms with Crippen LogP contribution < -0.4 is 10.6 Å². The molecule has 1 saturated heterocycles. The van der Waals surface area contributed by atoms with Crippen LogP contribution in [-0.4, -0.2) is 24.0 Å². The Hall–Kier alpha value is -0.570. The molecular formula is C17H32N2O. The number of rotatable bonds is 3. The van der Waals surface area contributed by atoms with Gasteiger partial charge in [-0.1, -0.05) is 34.6 Å². The first kappa shape index (κ1) is 15.8. The van der Waals surface area contributed by atoms with E-state index in [1.54, 1.807) is 0 Å². The largest absolute Gasteiger partial charge is 0.352 e. The molecule has 2 rings (SSSR count). The van der Waals surface area contributed by atoms with Gasteiger partial charge in [0.2, 0.25) is 5.91 Å². The molecule has 0 aromatic heterocycles. The van der Waals surface area contributed by atoms with Crippen LogP contribution in [0.4, 0.5) is 0 Å². The van der Waals surface area contributed by atoms with Gasteiger partial charge in [0.25, 0.3) is 0 Å². The van der Waals surface area contributed by atoms with Gasteiger partial charge in [-0.05, 0) is 55.9 Å². The number of carbonyl (C=O) groups is 1. The summed E-state index contributed by atoms with van der Waals surface area (Å²) >= 11 is 0. The first-order chi connectivity index (χ1) is 9.18. The Bertz CT molecular complexity index is 351. The van der Waals surface area contributed by atoms with Crippen LogP contribution in [0.2, 0.25) is 0 Å². The predicted octanol–water partition coefficient (Wildman–Crippen LogP) is 3.24. The minimum atomic E-state index is -0.300. The molecule has 0 radical (unpaired) electrons. The first-order valence-corrected chi connectivity index (χ1v) is 8.24. The average Bonchev–Trinajstić information content (AvgIpc) is 2.73. The van der Waals surface area contributed by atoms with Gasteiger partial charge in [-0.2, -0.15) is 0 Å². The summed E-state index contributed by atoms with van der Waals surface area (Å²) in [5.41, 5.74) is 0.343. The molecule has 1 unspecified atom stereocenters. The zero-order chi connectivity index (χ0) is 15.0. The van der Waals surface area contributed by atoms with E-state index >= 15 is 0 Å². The van der Waals surface area contributed by atoms with Gasteiger partial charge in [0.05, 0.1) is 5.54 Å². The fourth-order valence-corrected chi connectivity index (χ4v) is 4.73. The summed E-state index contributed by atoms with van der Waals surface area (Å²) < 4.78 is 0. The minimum Gasteiger partial charge on any atom is -0.352 e. The molecule has 20 heavy (non-hydrogen) atoms. The Morgan fingerprint density at radius 3 is 2.25 bits per heavy atom. The first-order valence-electron chi connectivity index (χ1n) is 8.24. The second-order valence-electron chi connectivity index (χ2n) is 8.55. The van der Waals surface area contributed by atoms with Crippen molar-refractivity contribution in [1.29, 1.82) is 0 Å². The van der Waals surface area contributed by atoms with Crippen molar-refractivity contribution in [2.75, 3.05) is 6.54 Å². The van der Waals surface area contributed by atoms with Crippen LogP contribution in [0.25, 0.3) is 0 Å². The number of carbonyl (C=O) groups excluding carboxylic acids is 1. The number of nitrogens with one attached hydrogen (secondary N) is 2. The van der Waals surface area contributed by atoms with Crippen LogP contribution in [0.5, 0.6) is 0 Å². The van der Waals surface area contributed by atoms with E-state index in [9.17, 15) is 4.79 Å². The van der Waals surface area contributed by atoms with E-state index in [4.69, 9.17) is 0 Å². The Kier molecular flexibility index (Phi) is 4.21. The maximum Gasteiger partial charge on any atom is 0.240 e. The molecule has 0 aromatic rings. The molecule has 3 heteroatoms. The van der Waals surface area contributed by atoms with E-state index in [2.05, 4.69) is 45.3 Å². The average molecular weight is 280 g/mol. The standard InChI is InChI=1S/C17H32N2O/c1-6-17(8-7-9-18-17)14(20)19-13-10-15(2,3)12-16(4,5)11-13/h13,18H,6-12H2,1-5H3,(H,19,20). The number of hydrogen-bond acceptors (Lipinski definition) is 2. The number of amides is 1. The molecule has 2 N–H and O–H groups in total. The van der Waals surface area contributed by atoms with Crippen LogP contribution in [0.3, 0.4) is 0 Å². The fourth-order valence-electron chi connectivity index (χ4n) is 4.73. The van der Waals surface area contributed by atoms with Crippen molar-refractivity contribution in [3.05, 3.63) is 0 Å². The van der Waals surface area contributed by atoms with Crippen molar-refractivity contribution in [3.8, 4) is 0 Å². The second-order valence-corrected chi connectivity index (χ2v) is 8.55. The highest BCUT2D eigenvalue weighted by Gasteiger charge is 2.43. The molecule has 2 fully saturated rings. The lowest BCUT2D eigenvalue weighted by molar-refractivity contribution is -0.128. The van der Waals surface area contributed by atoms with Gasteiger partial charge < -0.3 is 10.6 Å². The van der Waals surface area contributed by atoms with E-state index in [-0.39, 0.29) is 11.4 Å². The summed E-state index contributed by atoms with van der Waals surface area (Å²) in [5.74, 6) is 0.232. The Morgan fingerprint density at radius 2 is 1.80 bits per heavy atom. The molecule has 1 saturated carbocycles. The summed E-state index contributed by atoms with van der Waals surface area (Å²) in [5, 5.41) is 6.80. The van der Waals surface area contributed by atoms with Crippen LogP contribution in [0.15, 0.2) is 0 Å². The third-order valence-corrected chi connectivity index (χ3v) is 5.17. The molecule has 116 valence electrons. The third kappa shape index (κ3) is 3.36. The molecule has 1 amide bonds. The van der Waals surface area contributed by atoms with Crippen molar-refractivity contribution >= 4 is 5.91 Å². The van der Waals surface area contributed by atoms with Gasteiger partial charge >= 0.3 is 0 Å². The molecule has 0 aromatic carbocycles. The summed E-state index contributed by atoms with van der Waals surface area (Å²) in [6.07, 6.45) is 6.42. The molecule has 1 heterocycles. The van der Waals surface area contributed by atoms with Gasteiger partial charge in [0.15, 0.2) is 0 Å². The molecule has 3 nitrogen and oxygen atoms in total. The Morgan fingerprint density at radius 1 is 1.20 bits per heavy atom. The van der Waals surface area contributed by atoms with E-state index < -0.39 is 0 Å². The number of hydrogen-bond donors (Lipinski definition) is 2. The Labute approximate surface area is 124 Å². The van der Waals surface area contributed by atoms with Crippen molar-refractivity contribution in [3.63, 3.8) is 0 Å². The normalized spacial score (nSPS) is 33.0. The summed E-state index contributed by atoms with van der Waals surface area (Å²) in [7, 11) is 0. The third-order valence-electron chi connectivity index (χ3n) is 5.17. The van der Waals surface area contributed by atoms with Gasteiger partial charge in [0.1, 0.15) is 0 Å². The highest BCUT2D eigenvalue weighted by molar-refractivity contribution is 5.86. The minimum absolute atomic E-state index is 0.232. The predicted molar refractivity (Wildman–Crippen MR) is 83.6 cm³/mol. The summed E-state index contributed by atoms with van der Waals surface area (Å²) in [6, 6.07) is 0.326. The van der Waals surface area contributed by atoms with Gasteiger partial charge in [-0.25, -0.2) is 0 Å². The van der Waals surface area contributed by atoms with E-state index in [1.807, 2.05) is 0 Å². The van der Waals surface area contributed by atoms with Gasteiger partial charge in [-0.15, -0.1) is 0 Å². The molecule has 2 aliphatic rings.